The van der Waals surface area contributed by atoms with Crippen molar-refractivity contribution in [2.45, 2.75) is 13.0 Å². The van der Waals surface area contributed by atoms with Crippen molar-refractivity contribution in [2.75, 3.05) is 17.2 Å². The van der Waals surface area contributed by atoms with Gasteiger partial charge in [0.1, 0.15) is 17.3 Å². The average Bonchev–Trinajstić information content (AvgIpc) is 2.67. The van der Waals surface area contributed by atoms with E-state index in [1.54, 1.807) is 18.5 Å². The number of carboxylic acid groups (broad SMARTS) is 1. The molecule has 8 nitrogen and oxygen atoms in total. The minimum absolute atomic E-state index is 0.000377. The van der Waals surface area contributed by atoms with Gasteiger partial charge in [-0.2, -0.15) is 0 Å². The SMILES string of the molecule is O=C(O)CCNc1cc(NCc2ccccn2)nc(-c2ccccn2)n1. The summed E-state index contributed by atoms with van der Waals surface area (Å²) in [7, 11) is 0. The summed E-state index contributed by atoms with van der Waals surface area (Å²) in [6.07, 6.45) is 3.40. The van der Waals surface area contributed by atoms with Gasteiger partial charge in [-0.3, -0.25) is 14.8 Å². The lowest BCUT2D eigenvalue weighted by atomic mass is 10.3. The molecule has 0 radical (unpaired) electrons. The van der Waals surface area contributed by atoms with Crippen LogP contribution in [0, 0.1) is 0 Å². The molecule has 8 heteroatoms. The molecule has 0 fully saturated rings. The monoisotopic (exact) mass is 350 g/mol. The van der Waals surface area contributed by atoms with E-state index >= 15 is 0 Å². The molecule has 3 N–H and O–H groups in total. The number of carboxylic acids is 1. The molecule has 0 amide bonds. The number of aromatic nitrogens is 4. The highest BCUT2D eigenvalue weighted by molar-refractivity contribution is 5.67. The average molecular weight is 350 g/mol. The van der Waals surface area contributed by atoms with E-state index in [1.165, 1.54) is 0 Å². The van der Waals surface area contributed by atoms with Gasteiger partial charge in [0, 0.05) is 25.0 Å². The number of hydrogen-bond donors (Lipinski definition) is 3. The van der Waals surface area contributed by atoms with Crippen molar-refractivity contribution in [3.05, 3.63) is 60.6 Å². The molecule has 0 aliphatic carbocycles. The van der Waals surface area contributed by atoms with Crippen molar-refractivity contribution in [3.8, 4) is 11.5 Å². The van der Waals surface area contributed by atoms with Crippen LogP contribution >= 0.6 is 0 Å². The molecule has 0 aliphatic rings. The Hall–Kier alpha value is -3.55. The summed E-state index contributed by atoms with van der Waals surface area (Å²) in [6.45, 7) is 0.780. The number of hydrogen-bond acceptors (Lipinski definition) is 7. The number of nitrogens with one attached hydrogen (secondary N) is 2. The van der Waals surface area contributed by atoms with Crippen molar-refractivity contribution in [1.82, 2.24) is 19.9 Å². The van der Waals surface area contributed by atoms with Crippen LogP contribution in [0.15, 0.2) is 54.9 Å². The molecular weight excluding hydrogens is 332 g/mol. The Kier molecular flexibility index (Phi) is 5.66. The van der Waals surface area contributed by atoms with E-state index < -0.39 is 5.97 Å². The molecule has 26 heavy (non-hydrogen) atoms. The third-order valence-electron chi connectivity index (χ3n) is 3.44. The van der Waals surface area contributed by atoms with Crippen molar-refractivity contribution < 1.29 is 9.90 Å². The summed E-state index contributed by atoms with van der Waals surface area (Å²) < 4.78 is 0. The zero-order chi connectivity index (χ0) is 18.2. The smallest absolute Gasteiger partial charge is 0.305 e. The van der Waals surface area contributed by atoms with Gasteiger partial charge in [0.25, 0.3) is 0 Å². The zero-order valence-electron chi connectivity index (χ0n) is 14.0. The fourth-order valence-electron chi connectivity index (χ4n) is 2.22. The summed E-state index contributed by atoms with van der Waals surface area (Å²) in [6, 6.07) is 12.9. The Morgan fingerprint density at radius 2 is 1.69 bits per heavy atom. The zero-order valence-corrected chi connectivity index (χ0v) is 14.0. The highest BCUT2D eigenvalue weighted by atomic mass is 16.4. The molecule has 0 aliphatic heterocycles. The van der Waals surface area contributed by atoms with Crippen LogP contribution in [-0.4, -0.2) is 37.6 Å². The Morgan fingerprint density at radius 3 is 2.35 bits per heavy atom. The number of anilines is 2. The van der Waals surface area contributed by atoms with Gasteiger partial charge in [-0.1, -0.05) is 12.1 Å². The maximum Gasteiger partial charge on any atom is 0.305 e. The standard InChI is InChI=1S/C18H18N6O2/c25-17(26)7-10-21-15-11-16(22-12-13-5-1-3-8-19-13)24-18(23-15)14-6-2-4-9-20-14/h1-6,8-9,11H,7,10,12H2,(H,25,26)(H2,21,22,23,24). The van der Waals surface area contributed by atoms with E-state index in [9.17, 15) is 4.79 Å². The molecule has 0 atom stereocenters. The first kappa shape index (κ1) is 17.3. The van der Waals surface area contributed by atoms with Gasteiger partial charge in [0.05, 0.1) is 18.7 Å². The maximum atomic E-state index is 10.7. The fourth-order valence-corrected chi connectivity index (χ4v) is 2.22. The second-order valence-electron chi connectivity index (χ2n) is 5.42. The normalized spacial score (nSPS) is 10.3. The van der Waals surface area contributed by atoms with Gasteiger partial charge in [-0.05, 0) is 24.3 Å². The predicted octanol–water partition coefficient (Wildman–Crippen LogP) is 2.43. The molecule has 0 aromatic carbocycles. The quantitative estimate of drug-likeness (QED) is 0.568. The van der Waals surface area contributed by atoms with Crippen LogP contribution in [0.3, 0.4) is 0 Å². The molecule has 0 bridgehead atoms. The molecule has 3 heterocycles. The van der Waals surface area contributed by atoms with Gasteiger partial charge < -0.3 is 15.7 Å². The van der Waals surface area contributed by atoms with Crippen molar-refractivity contribution in [3.63, 3.8) is 0 Å². The molecule has 132 valence electrons. The van der Waals surface area contributed by atoms with Crippen LogP contribution in [-0.2, 0) is 11.3 Å². The minimum Gasteiger partial charge on any atom is -0.481 e. The van der Waals surface area contributed by atoms with Gasteiger partial charge in [-0.15, -0.1) is 0 Å². The number of carbonyl (C=O) groups is 1. The van der Waals surface area contributed by atoms with E-state index in [2.05, 4.69) is 30.6 Å². The second kappa shape index (κ2) is 8.52. The molecule has 0 saturated heterocycles. The van der Waals surface area contributed by atoms with E-state index in [0.717, 1.165) is 5.69 Å². The Labute approximate surface area is 150 Å². The second-order valence-corrected chi connectivity index (χ2v) is 5.42. The first-order chi connectivity index (χ1) is 12.7. The number of rotatable bonds is 8. The van der Waals surface area contributed by atoms with Crippen LogP contribution in [0.2, 0.25) is 0 Å². The Bertz CT molecular complexity index is 858. The van der Waals surface area contributed by atoms with Crippen LogP contribution in [0.5, 0.6) is 0 Å². The lowest BCUT2D eigenvalue weighted by molar-refractivity contribution is -0.136. The van der Waals surface area contributed by atoms with E-state index in [0.29, 0.717) is 29.7 Å². The molecule has 3 rings (SSSR count). The van der Waals surface area contributed by atoms with Crippen LogP contribution in [0.1, 0.15) is 12.1 Å². The Balaban J connectivity index is 1.81. The third kappa shape index (κ3) is 4.97. The number of nitrogens with zero attached hydrogens (tertiary/aromatic N) is 4. The van der Waals surface area contributed by atoms with Gasteiger partial charge >= 0.3 is 5.97 Å². The van der Waals surface area contributed by atoms with Crippen molar-refractivity contribution in [2.24, 2.45) is 0 Å². The topological polar surface area (TPSA) is 113 Å². The fraction of sp³-hybridized carbons (Fsp3) is 0.167. The molecule has 3 aromatic heterocycles. The lowest BCUT2D eigenvalue weighted by Crippen LogP contribution is -2.11. The van der Waals surface area contributed by atoms with E-state index in [4.69, 9.17) is 5.11 Å². The largest absolute Gasteiger partial charge is 0.481 e. The summed E-state index contributed by atoms with van der Waals surface area (Å²) in [5, 5.41) is 15.0. The van der Waals surface area contributed by atoms with Crippen LogP contribution in [0.4, 0.5) is 11.6 Å². The summed E-state index contributed by atoms with van der Waals surface area (Å²) >= 11 is 0. The predicted molar refractivity (Wildman–Crippen MR) is 97.6 cm³/mol. The molecular formula is C18H18N6O2. The van der Waals surface area contributed by atoms with Gasteiger partial charge in [0.15, 0.2) is 5.82 Å². The van der Waals surface area contributed by atoms with E-state index in [-0.39, 0.29) is 13.0 Å². The highest BCUT2D eigenvalue weighted by Crippen LogP contribution is 2.19. The molecule has 0 saturated carbocycles. The minimum atomic E-state index is -0.870. The number of aliphatic carboxylic acids is 1. The van der Waals surface area contributed by atoms with E-state index in [1.807, 2.05) is 36.4 Å². The van der Waals surface area contributed by atoms with Gasteiger partial charge in [0.2, 0.25) is 0 Å². The van der Waals surface area contributed by atoms with Crippen molar-refractivity contribution >= 4 is 17.6 Å². The maximum absolute atomic E-state index is 10.7. The first-order valence-corrected chi connectivity index (χ1v) is 8.10. The number of pyridine rings is 2. The van der Waals surface area contributed by atoms with Crippen LogP contribution < -0.4 is 10.6 Å². The third-order valence-corrected chi connectivity index (χ3v) is 3.44. The molecule has 0 unspecified atom stereocenters. The summed E-state index contributed by atoms with van der Waals surface area (Å²) in [5.74, 6) is 0.717. The summed E-state index contributed by atoms with van der Waals surface area (Å²) in [4.78, 5) is 28.2. The molecule has 0 spiro atoms. The van der Waals surface area contributed by atoms with Crippen molar-refractivity contribution in [1.29, 1.82) is 0 Å². The van der Waals surface area contributed by atoms with Crippen LogP contribution in [0.25, 0.3) is 11.5 Å². The summed E-state index contributed by atoms with van der Waals surface area (Å²) in [5.41, 5.74) is 1.51. The highest BCUT2D eigenvalue weighted by Gasteiger charge is 2.08. The lowest BCUT2D eigenvalue weighted by Gasteiger charge is -2.11. The molecule has 3 aromatic rings. The Morgan fingerprint density at radius 1 is 0.962 bits per heavy atom. The first-order valence-electron chi connectivity index (χ1n) is 8.10. The van der Waals surface area contributed by atoms with Gasteiger partial charge in [-0.25, -0.2) is 9.97 Å².